The maximum Gasteiger partial charge on any atom is 0.272 e. The standard InChI is InChI=1S/C17H18F2N4O/c18-13-5-4-11(6-14(13)19)23-15-3-1-2-12(15)16(22-23)17(24)21-9-10-7-20-8-10/h4-6,10,20H,1-3,7-9H2,(H,21,24). The molecule has 1 aromatic carbocycles. The highest BCUT2D eigenvalue weighted by Gasteiger charge is 2.28. The van der Waals surface area contributed by atoms with Crippen LogP contribution >= 0.6 is 0 Å². The third-order valence-corrected chi connectivity index (χ3v) is 4.71. The van der Waals surface area contributed by atoms with E-state index in [1.807, 2.05) is 0 Å². The highest BCUT2D eigenvalue weighted by molar-refractivity contribution is 5.94. The number of fused-ring (bicyclic) bond motifs is 1. The van der Waals surface area contributed by atoms with Crippen molar-refractivity contribution < 1.29 is 13.6 Å². The van der Waals surface area contributed by atoms with Crippen molar-refractivity contribution in [1.82, 2.24) is 20.4 Å². The molecule has 5 nitrogen and oxygen atoms in total. The quantitative estimate of drug-likeness (QED) is 0.894. The lowest BCUT2D eigenvalue weighted by atomic mass is 10.0. The van der Waals surface area contributed by atoms with E-state index in [4.69, 9.17) is 0 Å². The zero-order chi connectivity index (χ0) is 16.7. The number of rotatable bonds is 4. The van der Waals surface area contributed by atoms with Crippen molar-refractivity contribution in [3.05, 3.63) is 46.8 Å². The number of halogens is 2. The first-order valence-electron chi connectivity index (χ1n) is 8.18. The molecule has 4 rings (SSSR count). The van der Waals surface area contributed by atoms with Crippen LogP contribution in [0.25, 0.3) is 5.69 Å². The van der Waals surface area contributed by atoms with Gasteiger partial charge in [-0.15, -0.1) is 0 Å². The van der Waals surface area contributed by atoms with Gasteiger partial charge in [0.15, 0.2) is 17.3 Å². The van der Waals surface area contributed by atoms with Crippen molar-refractivity contribution >= 4 is 5.91 Å². The molecule has 0 saturated carbocycles. The minimum absolute atomic E-state index is 0.193. The highest BCUT2D eigenvalue weighted by Crippen LogP contribution is 2.28. The number of hydrogen-bond donors (Lipinski definition) is 2. The number of aromatic nitrogens is 2. The molecule has 1 saturated heterocycles. The van der Waals surface area contributed by atoms with Crippen LogP contribution in [0, 0.1) is 17.6 Å². The van der Waals surface area contributed by atoms with Crippen molar-refractivity contribution in [3.63, 3.8) is 0 Å². The van der Waals surface area contributed by atoms with E-state index in [1.165, 1.54) is 6.07 Å². The van der Waals surface area contributed by atoms with Crippen molar-refractivity contribution in [1.29, 1.82) is 0 Å². The van der Waals surface area contributed by atoms with Gasteiger partial charge in [0.1, 0.15) is 0 Å². The van der Waals surface area contributed by atoms with E-state index in [9.17, 15) is 13.6 Å². The normalized spacial score (nSPS) is 16.8. The van der Waals surface area contributed by atoms with Gasteiger partial charge in [-0.05, 0) is 31.4 Å². The van der Waals surface area contributed by atoms with Gasteiger partial charge in [-0.25, -0.2) is 13.5 Å². The summed E-state index contributed by atoms with van der Waals surface area (Å²) in [7, 11) is 0. The Balaban J connectivity index is 1.64. The fourth-order valence-electron chi connectivity index (χ4n) is 3.26. The third kappa shape index (κ3) is 2.58. The van der Waals surface area contributed by atoms with Gasteiger partial charge in [0.2, 0.25) is 0 Å². The Bertz CT molecular complexity index is 798. The minimum atomic E-state index is -0.918. The average Bonchev–Trinajstić information content (AvgIpc) is 3.10. The third-order valence-electron chi connectivity index (χ3n) is 4.71. The molecule has 126 valence electrons. The molecule has 2 N–H and O–H groups in total. The van der Waals surface area contributed by atoms with Crippen LogP contribution in [-0.4, -0.2) is 35.3 Å². The SMILES string of the molecule is O=C(NCC1CNC1)c1nn(-c2ccc(F)c(F)c2)c2c1CCC2. The van der Waals surface area contributed by atoms with Crippen LogP contribution in [0.2, 0.25) is 0 Å². The van der Waals surface area contributed by atoms with Gasteiger partial charge < -0.3 is 10.6 Å². The summed E-state index contributed by atoms with van der Waals surface area (Å²) in [4.78, 5) is 12.5. The molecule has 0 bridgehead atoms. The Labute approximate surface area is 138 Å². The van der Waals surface area contributed by atoms with Crippen LogP contribution in [0.15, 0.2) is 18.2 Å². The molecule has 1 aliphatic carbocycles. The maximum absolute atomic E-state index is 13.5. The molecule has 1 aliphatic heterocycles. The first-order chi connectivity index (χ1) is 11.6. The Morgan fingerprint density at radius 1 is 1.29 bits per heavy atom. The van der Waals surface area contributed by atoms with E-state index in [1.54, 1.807) is 4.68 Å². The van der Waals surface area contributed by atoms with Crippen molar-refractivity contribution in [2.75, 3.05) is 19.6 Å². The largest absolute Gasteiger partial charge is 0.350 e. The Kier molecular flexibility index (Phi) is 3.80. The molecule has 1 aromatic heterocycles. The van der Waals surface area contributed by atoms with Crippen LogP contribution in [0.5, 0.6) is 0 Å². The Morgan fingerprint density at radius 3 is 2.83 bits per heavy atom. The lowest BCUT2D eigenvalue weighted by molar-refractivity contribution is 0.0936. The minimum Gasteiger partial charge on any atom is -0.350 e. The molecule has 0 radical (unpaired) electrons. The zero-order valence-corrected chi connectivity index (χ0v) is 13.1. The molecule has 0 atom stereocenters. The summed E-state index contributed by atoms with van der Waals surface area (Å²) in [6.07, 6.45) is 2.50. The number of nitrogens with zero attached hydrogens (tertiary/aromatic N) is 2. The number of carbonyl (C=O) groups excluding carboxylic acids is 1. The lowest BCUT2D eigenvalue weighted by Crippen LogP contribution is -2.48. The first kappa shape index (κ1) is 15.3. The Hall–Kier alpha value is -2.28. The Morgan fingerprint density at radius 2 is 2.12 bits per heavy atom. The van der Waals surface area contributed by atoms with E-state index < -0.39 is 11.6 Å². The molecule has 24 heavy (non-hydrogen) atoms. The van der Waals surface area contributed by atoms with E-state index in [2.05, 4.69) is 15.7 Å². The summed E-state index contributed by atoms with van der Waals surface area (Å²) in [5.41, 5.74) is 2.68. The van der Waals surface area contributed by atoms with Crippen LogP contribution in [0.3, 0.4) is 0 Å². The van der Waals surface area contributed by atoms with Crippen molar-refractivity contribution in [2.24, 2.45) is 5.92 Å². The molecular weight excluding hydrogens is 314 g/mol. The maximum atomic E-state index is 13.5. The summed E-state index contributed by atoms with van der Waals surface area (Å²) in [5, 5.41) is 10.5. The second-order valence-electron chi connectivity index (χ2n) is 6.37. The molecule has 7 heteroatoms. The molecule has 1 fully saturated rings. The van der Waals surface area contributed by atoms with E-state index in [-0.39, 0.29) is 5.91 Å². The summed E-state index contributed by atoms with van der Waals surface area (Å²) >= 11 is 0. The van der Waals surface area contributed by atoms with Gasteiger partial charge in [0.25, 0.3) is 5.91 Å². The van der Waals surface area contributed by atoms with E-state index >= 15 is 0 Å². The number of carbonyl (C=O) groups is 1. The average molecular weight is 332 g/mol. The fraction of sp³-hybridized carbons (Fsp3) is 0.412. The summed E-state index contributed by atoms with van der Waals surface area (Å²) < 4.78 is 28.3. The number of amides is 1. The zero-order valence-electron chi connectivity index (χ0n) is 13.1. The number of hydrogen-bond acceptors (Lipinski definition) is 3. The number of benzene rings is 1. The molecular formula is C17H18F2N4O. The number of nitrogens with one attached hydrogen (secondary N) is 2. The van der Waals surface area contributed by atoms with Crippen LogP contribution in [0.4, 0.5) is 8.78 Å². The first-order valence-corrected chi connectivity index (χ1v) is 8.18. The lowest BCUT2D eigenvalue weighted by Gasteiger charge is -2.26. The monoisotopic (exact) mass is 332 g/mol. The summed E-state index contributed by atoms with van der Waals surface area (Å²) in [5.74, 6) is -1.54. The predicted molar refractivity (Wildman–Crippen MR) is 84.2 cm³/mol. The van der Waals surface area contributed by atoms with Gasteiger partial charge in [-0.1, -0.05) is 0 Å². The fourth-order valence-corrected chi connectivity index (χ4v) is 3.26. The van der Waals surface area contributed by atoms with Gasteiger partial charge in [-0.2, -0.15) is 5.10 Å². The van der Waals surface area contributed by atoms with Crippen LogP contribution in [-0.2, 0) is 12.8 Å². The van der Waals surface area contributed by atoms with Crippen molar-refractivity contribution in [3.8, 4) is 5.69 Å². The molecule has 2 aliphatic rings. The molecule has 0 unspecified atom stereocenters. The summed E-state index contributed by atoms with van der Waals surface area (Å²) in [6.45, 7) is 2.46. The molecule has 2 heterocycles. The van der Waals surface area contributed by atoms with Gasteiger partial charge in [0, 0.05) is 42.9 Å². The molecule has 2 aromatic rings. The highest BCUT2D eigenvalue weighted by atomic mass is 19.2. The topological polar surface area (TPSA) is 59.0 Å². The molecule has 1 amide bonds. The van der Waals surface area contributed by atoms with Gasteiger partial charge in [-0.3, -0.25) is 4.79 Å². The molecule has 0 spiro atoms. The second-order valence-corrected chi connectivity index (χ2v) is 6.37. The van der Waals surface area contributed by atoms with Crippen LogP contribution < -0.4 is 10.6 Å². The van der Waals surface area contributed by atoms with E-state index in [0.29, 0.717) is 23.8 Å². The summed E-state index contributed by atoms with van der Waals surface area (Å²) in [6, 6.07) is 3.67. The van der Waals surface area contributed by atoms with Crippen LogP contribution in [0.1, 0.15) is 28.2 Å². The van der Waals surface area contributed by atoms with E-state index in [0.717, 1.165) is 55.7 Å². The van der Waals surface area contributed by atoms with Gasteiger partial charge in [0.05, 0.1) is 5.69 Å². The smallest absolute Gasteiger partial charge is 0.272 e. The van der Waals surface area contributed by atoms with Crippen molar-refractivity contribution in [2.45, 2.75) is 19.3 Å². The predicted octanol–water partition coefficient (Wildman–Crippen LogP) is 1.59. The van der Waals surface area contributed by atoms with Gasteiger partial charge >= 0.3 is 0 Å². The second kappa shape index (κ2) is 5.98.